The molecular formula is C24H24Cl2FN3O5S. The number of ether oxygens (including phenoxy) is 2. The maximum absolute atomic E-state index is 15.5. The SMILES string of the molecule is CC(C)COc1ncc(Oc2c(Cl)cc(C(N)=O)c(F)c2S(=O)(=O)N(C)Cc2ccccc2)cc1Cl. The maximum atomic E-state index is 15.5. The largest absolute Gasteiger partial charge is 0.476 e. The topological polar surface area (TPSA) is 112 Å². The third-order valence-corrected chi connectivity index (χ3v) is 7.25. The van der Waals surface area contributed by atoms with E-state index in [1.54, 1.807) is 30.3 Å². The predicted octanol–water partition coefficient (Wildman–Crippen LogP) is 5.27. The highest BCUT2D eigenvalue weighted by Crippen LogP contribution is 2.41. The lowest BCUT2D eigenvalue weighted by molar-refractivity contribution is 0.0996. The summed E-state index contributed by atoms with van der Waals surface area (Å²) in [6, 6.07) is 10.9. The Kier molecular flexibility index (Phi) is 8.78. The van der Waals surface area contributed by atoms with Crippen molar-refractivity contribution in [3.8, 4) is 17.4 Å². The Hall–Kier alpha value is -2.92. The van der Waals surface area contributed by atoms with Crippen LogP contribution in [-0.4, -0.2) is 37.3 Å². The summed E-state index contributed by atoms with van der Waals surface area (Å²) >= 11 is 12.5. The van der Waals surface area contributed by atoms with Gasteiger partial charge in [-0.3, -0.25) is 4.79 Å². The number of hydrogen-bond acceptors (Lipinski definition) is 6. The summed E-state index contributed by atoms with van der Waals surface area (Å²) < 4.78 is 54.6. The molecule has 1 aromatic heterocycles. The minimum Gasteiger partial charge on any atom is -0.476 e. The van der Waals surface area contributed by atoms with E-state index in [9.17, 15) is 13.2 Å². The molecular weight excluding hydrogens is 532 g/mol. The van der Waals surface area contributed by atoms with Crippen LogP contribution in [0.25, 0.3) is 0 Å². The number of nitrogens with zero attached hydrogens (tertiary/aromatic N) is 2. The molecule has 0 aliphatic carbocycles. The Balaban J connectivity index is 2.07. The zero-order chi connectivity index (χ0) is 26.6. The molecule has 1 heterocycles. The van der Waals surface area contributed by atoms with Gasteiger partial charge in [0.05, 0.1) is 23.4 Å². The van der Waals surface area contributed by atoms with Crippen molar-refractivity contribution < 1.29 is 27.1 Å². The average molecular weight is 556 g/mol. The maximum Gasteiger partial charge on any atom is 0.251 e. The van der Waals surface area contributed by atoms with Gasteiger partial charge in [-0.05, 0) is 17.5 Å². The smallest absolute Gasteiger partial charge is 0.251 e. The molecule has 0 radical (unpaired) electrons. The molecule has 0 unspecified atom stereocenters. The number of pyridine rings is 1. The van der Waals surface area contributed by atoms with Gasteiger partial charge in [0.15, 0.2) is 16.5 Å². The van der Waals surface area contributed by atoms with Crippen molar-refractivity contribution in [3.63, 3.8) is 0 Å². The molecule has 0 spiro atoms. The van der Waals surface area contributed by atoms with Gasteiger partial charge in [-0.15, -0.1) is 0 Å². The van der Waals surface area contributed by atoms with Crippen LogP contribution in [0.2, 0.25) is 10.0 Å². The number of aromatic nitrogens is 1. The zero-order valence-electron chi connectivity index (χ0n) is 19.7. The summed E-state index contributed by atoms with van der Waals surface area (Å²) in [5.74, 6) is -2.79. The van der Waals surface area contributed by atoms with E-state index in [1.165, 1.54) is 19.3 Å². The number of halogens is 3. The van der Waals surface area contributed by atoms with Crippen LogP contribution in [0.1, 0.15) is 29.8 Å². The van der Waals surface area contributed by atoms with E-state index < -0.39 is 38.0 Å². The summed E-state index contributed by atoms with van der Waals surface area (Å²) in [4.78, 5) is 14.9. The fourth-order valence-electron chi connectivity index (χ4n) is 3.11. The lowest BCUT2D eigenvalue weighted by atomic mass is 10.2. The first-order valence-corrected chi connectivity index (χ1v) is 12.9. The van der Waals surface area contributed by atoms with Gasteiger partial charge >= 0.3 is 0 Å². The zero-order valence-corrected chi connectivity index (χ0v) is 22.0. The van der Waals surface area contributed by atoms with Crippen molar-refractivity contribution in [2.75, 3.05) is 13.7 Å². The van der Waals surface area contributed by atoms with E-state index >= 15 is 4.39 Å². The van der Waals surface area contributed by atoms with Crippen LogP contribution in [0.3, 0.4) is 0 Å². The van der Waals surface area contributed by atoms with Crippen LogP contribution in [0.5, 0.6) is 17.4 Å². The first-order valence-electron chi connectivity index (χ1n) is 10.7. The molecule has 0 saturated carbocycles. The van der Waals surface area contributed by atoms with Crippen LogP contribution in [0.15, 0.2) is 53.6 Å². The summed E-state index contributed by atoms with van der Waals surface area (Å²) in [7, 11) is -3.31. The van der Waals surface area contributed by atoms with E-state index in [-0.39, 0.29) is 34.1 Å². The Morgan fingerprint density at radius 1 is 1.17 bits per heavy atom. The number of benzene rings is 2. The third-order valence-electron chi connectivity index (χ3n) is 4.87. The molecule has 3 rings (SSSR count). The molecule has 0 aliphatic rings. The molecule has 0 fully saturated rings. The van der Waals surface area contributed by atoms with Crippen molar-refractivity contribution in [1.29, 1.82) is 0 Å². The standard InChI is InChI=1S/C24H24Cl2FN3O5S/c1-14(2)13-34-24-19(26)9-16(11-29-24)35-21-18(25)10-17(23(28)31)20(27)22(21)36(32,33)30(3)12-15-7-5-4-6-8-15/h4-11,14H,12-13H2,1-3H3,(H2,28,31). The van der Waals surface area contributed by atoms with Crippen molar-refractivity contribution in [2.24, 2.45) is 11.7 Å². The second kappa shape index (κ2) is 11.4. The van der Waals surface area contributed by atoms with E-state index in [4.69, 9.17) is 38.4 Å². The molecule has 3 aromatic rings. The number of amides is 1. The molecule has 36 heavy (non-hydrogen) atoms. The van der Waals surface area contributed by atoms with Gasteiger partial charge < -0.3 is 15.2 Å². The first kappa shape index (κ1) is 27.7. The van der Waals surface area contributed by atoms with Crippen molar-refractivity contribution in [1.82, 2.24) is 9.29 Å². The number of carbonyl (C=O) groups is 1. The second-order valence-electron chi connectivity index (χ2n) is 8.25. The fourth-order valence-corrected chi connectivity index (χ4v) is 4.97. The Bertz CT molecular complexity index is 1370. The third kappa shape index (κ3) is 6.25. The number of rotatable bonds is 10. The van der Waals surface area contributed by atoms with Crippen molar-refractivity contribution >= 4 is 39.1 Å². The van der Waals surface area contributed by atoms with E-state index in [1.807, 2.05) is 13.8 Å². The van der Waals surface area contributed by atoms with Gasteiger partial charge in [0.25, 0.3) is 5.91 Å². The molecule has 1 amide bonds. The molecule has 2 aromatic carbocycles. The molecule has 2 N–H and O–H groups in total. The highest BCUT2D eigenvalue weighted by atomic mass is 35.5. The molecule has 0 bridgehead atoms. The summed E-state index contributed by atoms with van der Waals surface area (Å²) in [5.41, 5.74) is 5.20. The molecule has 0 aliphatic heterocycles. The second-order valence-corrected chi connectivity index (χ2v) is 11.1. The summed E-state index contributed by atoms with van der Waals surface area (Å²) in [6.07, 6.45) is 1.22. The normalized spacial score (nSPS) is 11.7. The van der Waals surface area contributed by atoms with Crippen LogP contribution in [0, 0.1) is 11.7 Å². The number of nitrogens with two attached hydrogens (primary N) is 1. The van der Waals surface area contributed by atoms with Gasteiger partial charge in [-0.25, -0.2) is 17.8 Å². The Labute approximate surface area is 218 Å². The molecule has 0 saturated heterocycles. The van der Waals surface area contributed by atoms with Gasteiger partial charge in [0, 0.05) is 19.7 Å². The highest BCUT2D eigenvalue weighted by molar-refractivity contribution is 7.89. The van der Waals surface area contributed by atoms with Crippen molar-refractivity contribution in [2.45, 2.75) is 25.3 Å². The van der Waals surface area contributed by atoms with Gasteiger partial charge in [0.1, 0.15) is 10.8 Å². The van der Waals surface area contributed by atoms with Crippen molar-refractivity contribution in [3.05, 3.63) is 75.7 Å². The molecule has 192 valence electrons. The molecule has 8 nitrogen and oxygen atoms in total. The molecule has 0 atom stereocenters. The van der Waals surface area contributed by atoms with Gasteiger partial charge in [-0.2, -0.15) is 4.31 Å². The van der Waals surface area contributed by atoms with Crippen LogP contribution < -0.4 is 15.2 Å². The lowest BCUT2D eigenvalue weighted by Crippen LogP contribution is -2.29. The highest BCUT2D eigenvalue weighted by Gasteiger charge is 2.34. The van der Waals surface area contributed by atoms with Crippen LogP contribution >= 0.6 is 23.2 Å². The summed E-state index contributed by atoms with van der Waals surface area (Å²) in [6.45, 7) is 4.19. The quantitative estimate of drug-likeness (QED) is 0.364. The van der Waals surface area contributed by atoms with Gasteiger partial charge in [-0.1, -0.05) is 67.4 Å². The number of hydrogen-bond donors (Lipinski definition) is 1. The first-order chi connectivity index (χ1) is 16.9. The van der Waals surface area contributed by atoms with Gasteiger partial charge in [0.2, 0.25) is 15.9 Å². The predicted molar refractivity (Wildman–Crippen MR) is 135 cm³/mol. The summed E-state index contributed by atoms with van der Waals surface area (Å²) in [5, 5.41) is -0.266. The minimum atomic E-state index is -4.57. The average Bonchev–Trinajstić information content (AvgIpc) is 2.80. The molecule has 12 heteroatoms. The number of primary amides is 1. The minimum absolute atomic E-state index is 0.0350. The van der Waals surface area contributed by atoms with E-state index in [2.05, 4.69) is 4.98 Å². The van der Waals surface area contributed by atoms with E-state index in [0.29, 0.717) is 12.2 Å². The number of sulfonamides is 1. The Morgan fingerprint density at radius 3 is 2.42 bits per heavy atom. The van der Waals surface area contributed by atoms with E-state index in [0.717, 1.165) is 10.4 Å². The lowest BCUT2D eigenvalue weighted by Gasteiger charge is -2.21. The Morgan fingerprint density at radius 2 is 1.83 bits per heavy atom. The number of carbonyl (C=O) groups excluding carboxylic acids is 1. The van der Waals surface area contributed by atoms with Crippen LogP contribution in [-0.2, 0) is 16.6 Å². The monoisotopic (exact) mass is 555 g/mol. The van der Waals surface area contributed by atoms with Crippen LogP contribution in [0.4, 0.5) is 4.39 Å². The fraction of sp³-hybridized carbons (Fsp3) is 0.250.